The molecule has 0 unspecified atom stereocenters. The fourth-order valence-corrected chi connectivity index (χ4v) is 1.39. The summed E-state index contributed by atoms with van der Waals surface area (Å²) in [5.74, 6) is -0.436. The topological polar surface area (TPSA) is 44.8 Å². The number of methoxy groups -OCH3 is 1. The van der Waals surface area contributed by atoms with Gasteiger partial charge in [-0.1, -0.05) is 12.2 Å². The van der Waals surface area contributed by atoms with Gasteiger partial charge in [0.2, 0.25) is 5.60 Å². The molecule has 0 fully saturated rings. The maximum absolute atomic E-state index is 11.4. The van der Waals surface area contributed by atoms with Crippen molar-refractivity contribution in [3.05, 3.63) is 24.3 Å². The lowest BCUT2D eigenvalue weighted by Gasteiger charge is -2.27. The molecule has 3 aliphatic rings. The molecule has 0 N–H and O–H groups in total. The lowest BCUT2D eigenvalue weighted by atomic mass is 10.00. The standard InChI is InChI=1S/C9H10O4/c1-11-8(10)9-5-2-3-7(4-6-9)12-13-9/h2-4,6-7H,5H2,1H3/t7-,9+/m0/s1. The summed E-state index contributed by atoms with van der Waals surface area (Å²) < 4.78 is 4.64. The van der Waals surface area contributed by atoms with E-state index in [9.17, 15) is 4.79 Å². The highest BCUT2D eigenvalue weighted by atomic mass is 17.2. The second-order valence-electron chi connectivity index (χ2n) is 3.02. The Kier molecular flexibility index (Phi) is 1.94. The molecule has 2 heterocycles. The van der Waals surface area contributed by atoms with Crippen LogP contribution in [0.3, 0.4) is 0 Å². The second-order valence-corrected chi connectivity index (χ2v) is 3.02. The van der Waals surface area contributed by atoms with E-state index < -0.39 is 11.6 Å². The van der Waals surface area contributed by atoms with Crippen LogP contribution in [0.1, 0.15) is 6.42 Å². The predicted molar refractivity (Wildman–Crippen MR) is 43.6 cm³/mol. The summed E-state index contributed by atoms with van der Waals surface area (Å²) in [4.78, 5) is 21.4. The minimum Gasteiger partial charge on any atom is -0.467 e. The third-order valence-electron chi connectivity index (χ3n) is 2.14. The molecule has 0 radical (unpaired) electrons. The highest BCUT2D eigenvalue weighted by Gasteiger charge is 2.43. The van der Waals surface area contributed by atoms with Gasteiger partial charge in [-0.25, -0.2) is 14.6 Å². The first-order chi connectivity index (χ1) is 6.27. The fourth-order valence-electron chi connectivity index (χ4n) is 1.39. The van der Waals surface area contributed by atoms with E-state index in [0.717, 1.165) is 0 Å². The maximum Gasteiger partial charge on any atom is 0.345 e. The third-order valence-corrected chi connectivity index (χ3v) is 2.14. The van der Waals surface area contributed by atoms with Crippen molar-refractivity contribution in [1.82, 2.24) is 0 Å². The quantitative estimate of drug-likeness (QED) is 0.341. The Labute approximate surface area is 75.7 Å². The summed E-state index contributed by atoms with van der Waals surface area (Å²) in [6.07, 6.45) is 7.44. The summed E-state index contributed by atoms with van der Waals surface area (Å²) in [7, 11) is 1.33. The SMILES string of the molecule is COC(=O)[C@]12C=C[C@H](C=CC1)OO2. The summed E-state index contributed by atoms with van der Waals surface area (Å²) >= 11 is 0. The first-order valence-corrected chi connectivity index (χ1v) is 4.06. The second kappa shape index (κ2) is 2.97. The number of rotatable bonds is 1. The molecule has 0 amide bonds. The van der Waals surface area contributed by atoms with Gasteiger partial charge >= 0.3 is 5.97 Å². The molecule has 3 rings (SSSR count). The summed E-state index contributed by atoms with van der Waals surface area (Å²) in [6.45, 7) is 0. The largest absolute Gasteiger partial charge is 0.467 e. The summed E-state index contributed by atoms with van der Waals surface area (Å²) in [5.41, 5.74) is -1.07. The van der Waals surface area contributed by atoms with Crippen molar-refractivity contribution in [3.63, 3.8) is 0 Å². The first kappa shape index (κ1) is 8.47. The molecule has 4 nitrogen and oxygen atoms in total. The van der Waals surface area contributed by atoms with Gasteiger partial charge in [0.15, 0.2) is 0 Å². The molecule has 1 aliphatic carbocycles. The Balaban J connectivity index is 2.31. The summed E-state index contributed by atoms with van der Waals surface area (Å²) in [5, 5.41) is 0. The van der Waals surface area contributed by atoms with Gasteiger partial charge in [-0.15, -0.1) is 0 Å². The number of carbonyl (C=O) groups is 1. The zero-order chi connectivity index (χ0) is 9.31. The van der Waals surface area contributed by atoms with Crippen LogP contribution in [0.5, 0.6) is 0 Å². The van der Waals surface area contributed by atoms with Gasteiger partial charge in [0, 0.05) is 6.42 Å². The smallest absolute Gasteiger partial charge is 0.345 e. The van der Waals surface area contributed by atoms with E-state index in [1.165, 1.54) is 7.11 Å². The van der Waals surface area contributed by atoms with Gasteiger partial charge in [-0.3, -0.25) is 0 Å². The summed E-state index contributed by atoms with van der Waals surface area (Å²) in [6, 6.07) is 0. The van der Waals surface area contributed by atoms with E-state index in [-0.39, 0.29) is 6.10 Å². The van der Waals surface area contributed by atoms with Crippen molar-refractivity contribution in [2.75, 3.05) is 7.11 Å². The van der Waals surface area contributed by atoms with Gasteiger partial charge in [-0.2, -0.15) is 0 Å². The van der Waals surface area contributed by atoms with Crippen molar-refractivity contribution < 1.29 is 19.3 Å². The number of carbonyl (C=O) groups excluding carboxylic acids is 1. The van der Waals surface area contributed by atoms with Crippen LogP contribution < -0.4 is 0 Å². The Hall–Kier alpha value is -1.13. The molecule has 0 aromatic rings. The first-order valence-electron chi connectivity index (χ1n) is 4.06. The lowest BCUT2D eigenvalue weighted by molar-refractivity contribution is -0.354. The zero-order valence-electron chi connectivity index (χ0n) is 7.23. The van der Waals surface area contributed by atoms with Gasteiger partial charge in [0.05, 0.1) is 7.11 Å². The van der Waals surface area contributed by atoms with Gasteiger partial charge in [0.25, 0.3) is 0 Å². The van der Waals surface area contributed by atoms with E-state index in [0.29, 0.717) is 6.42 Å². The molecule has 70 valence electrons. The van der Waals surface area contributed by atoms with E-state index in [1.54, 1.807) is 12.2 Å². The average Bonchev–Trinajstić information content (AvgIpc) is 2.50. The van der Waals surface area contributed by atoms with Crippen LogP contribution >= 0.6 is 0 Å². The number of hydrogen-bond acceptors (Lipinski definition) is 4. The minimum atomic E-state index is -1.07. The molecule has 0 aromatic heterocycles. The van der Waals surface area contributed by atoms with E-state index >= 15 is 0 Å². The molecular weight excluding hydrogens is 172 g/mol. The maximum atomic E-state index is 11.4. The molecule has 0 aromatic carbocycles. The number of ether oxygens (including phenoxy) is 1. The Morgan fingerprint density at radius 2 is 2.46 bits per heavy atom. The van der Waals surface area contributed by atoms with E-state index in [2.05, 4.69) is 4.74 Å². The van der Waals surface area contributed by atoms with Crippen LogP contribution in [0.2, 0.25) is 0 Å². The monoisotopic (exact) mass is 182 g/mol. The fraction of sp³-hybridized carbons (Fsp3) is 0.444. The highest BCUT2D eigenvalue weighted by Crippen LogP contribution is 2.29. The lowest BCUT2D eigenvalue weighted by Crippen LogP contribution is -2.42. The molecule has 4 heteroatoms. The average molecular weight is 182 g/mol. The normalized spacial score (nSPS) is 35.9. The van der Waals surface area contributed by atoms with Crippen molar-refractivity contribution in [3.8, 4) is 0 Å². The molecule has 2 aliphatic heterocycles. The Bertz CT molecular complexity index is 281. The van der Waals surface area contributed by atoms with Crippen molar-refractivity contribution in [1.29, 1.82) is 0 Å². The zero-order valence-corrected chi connectivity index (χ0v) is 7.23. The molecule has 0 saturated carbocycles. The Morgan fingerprint density at radius 3 is 3.08 bits per heavy atom. The number of hydrogen-bond donors (Lipinski definition) is 0. The van der Waals surface area contributed by atoms with Crippen LogP contribution in [0, 0.1) is 0 Å². The highest BCUT2D eigenvalue weighted by molar-refractivity contribution is 5.82. The third kappa shape index (κ3) is 1.28. The molecule has 0 spiro atoms. The van der Waals surface area contributed by atoms with Crippen LogP contribution in [0.25, 0.3) is 0 Å². The van der Waals surface area contributed by atoms with Crippen molar-refractivity contribution in [2.45, 2.75) is 18.1 Å². The van der Waals surface area contributed by atoms with Gasteiger partial charge < -0.3 is 4.74 Å². The predicted octanol–water partition coefficient (Wildman–Crippen LogP) is 0.745. The van der Waals surface area contributed by atoms with E-state index in [4.69, 9.17) is 9.78 Å². The van der Waals surface area contributed by atoms with Crippen LogP contribution in [0.15, 0.2) is 24.3 Å². The van der Waals surface area contributed by atoms with Crippen LogP contribution in [-0.2, 0) is 19.3 Å². The number of fused-ring (bicyclic) bond motifs is 2. The van der Waals surface area contributed by atoms with Crippen LogP contribution in [-0.4, -0.2) is 24.8 Å². The molecule has 13 heavy (non-hydrogen) atoms. The number of esters is 1. The molecule has 2 atom stereocenters. The van der Waals surface area contributed by atoms with E-state index in [1.807, 2.05) is 12.2 Å². The molecular formula is C9H10O4. The van der Waals surface area contributed by atoms with Crippen molar-refractivity contribution >= 4 is 5.97 Å². The Morgan fingerprint density at radius 1 is 1.62 bits per heavy atom. The van der Waals surface area contributed by atoms with Gasteiger partial charge in [-0.05, 0) is 12.2 Å². The van der Waals surface area contributed by atoms with Gasteiger partial charge in [0.1, 0.15) is 6.10 Å². The van der Waals surface area contributed by atoms with Crippen molar-refractivity contribution in [2.24, 2.45) is 0 Å². The molecule has 0 saturated heterocycles. The molecule has 2 bridgehead atoms. The minimum absolute atomic E-state index is 0.180. The van der Waals surface area contributed by atoms with Crippen LogP contribution in [0.4, 0.5) is 0 Å².